The molecule has 48 heavy (non-hydrogen) atoms. The Morgan fingerprint density at radius 1 is 1.06 bits per heavy atom. The Kier molecular flexibility index (Phi) is 10.6. The van der Waals surface area contributed by atoms with Gasteiger partial charge in [-0.15, -0.1) is 0 Å². The van der Waals surface area contributed by atoms with Crippen LogP contribution in [0, 0.1) is 11.3 Å². The summed E-state index contributed by atoms with van der Waals surface area (Å²) in [5.74, 6) is -0.295. The topological polar surface area (TPSA) is 85.7 Å². The number of aromatic nitrogens is 1. The van der Waals surface area contributed by atoms with Gasteiger partial charge in [-0.2, -0.15) is 0 Å². The van der Waals surface area contributed by atoms with Crippen LogP contribution < -0.4 is 5.19 Å². The van der Waals surface area contributed by atoms with Crippen LogP contribution in [0.4, 0.5) is 0 Å². The molecule has 2 aliphatic carbocycles. The maximum absolute atomic E-state index is 13.8. The first-order valence-electron chi connectivity index (χ1n) is 17.4. The van der Waals surface area contributed by atoms with Crippen LogP contribution in [0.1, 0.15) is 97.7 Å². The third kappa shape index (κ3) is 7.42. The van der Waals surface area contributed by atoms with Crippen molar-refractivity contribution in [1.82, 2.24) is 4.98 Å². The van der Waals surface area contributed by atoms with Crippen molar-refractivity contribution in [1.29, 1.82) is 0 Å². The lowest BCUT2D eigenvalue weighted by molar-refractivity contribution is -0.156. The number of allylic oxidation sites excluding steroid dienone is 4. The van der Waals surface area contributed by atoms with E-state index in [1.165, 1.54) is 6.92 Å². The minimum Gasteiger partial charge on any atom is -0.465 e. The molecule has 7 heteroatoms. The minimum absolute atomic E-state index is 0.179. The van der Waals surface area contributed by atoms with E-state index in [9.17, 15) is 14.4 Å². The Morgan fingerprint density at radius 3 is 2.50 bits per heavy atom. The monoisotopic (exact) mass is 665 g/mol. The SMILES string of the molecule is CCOC(=O)C1(C=Cc2ccc3ccc(C(C)(C)OC(C)=O)nc3c2)CCCC(CC(C)(C)[Si](O)(C2=CCCC=C2)c2ccccc2)C1. The largest absolute Gasteiger partial charge is 0.465 e. The molecular weight excluding hydrogens is 615 g/mol. The van der Waals surface area contributed by atoms with Crippen molar-refractivity contribution in [3.8, 4) is 0 Å². The molecule has 0 saturated heterocycles. The van der Waals surface area contributed by atoms with E-state index < -0.39 is 19.3 Å². The fourth-order valence-corrected chi connectivity index (χ4v) is 11.9. The Hall–Kier alpha value is -3.81. The summed E-state index contributed by atoms with van der Waals surface area (Å²) >= 11 is 0. The Labute approximate surface area is 287 Å². The predicted molar refractivity (Wildman–Crippen MR) is 196 cm³/mol. The molecule has 0 aliphatic heterocycles. The first kappa shape index (κ1) is 35.5. The van der Waals surface area contributed by atoms with E-state index in [1.54, 1.807) is 0 Å². The molecule has 3 atom stereocenters. The molecule has 2 aromatic carbocycles. The predicted octanol–water partition coefficient (Wildman–Crippen LogP) is 8.62. The number of fused-ring (bicyclic) bond motifs is 1. The van der Waals surface area contributed by atoms with Gasteiger partial charge in [-0.1, -0.05) is 106 Å². The third-order valence-corrected chi connectivity index (χ3v) is 14.8. The minimum atomic E-state index is -3.14. The van der Waals surface area contributed by atoms with Crippen molar-refractivity contribution < 1.29 is 23.9 Å². The van der Waals surface area contributed by atoms with Gasteiger partial charge in [-0.25, -0.2) is 4.98 Å². The van der Waals surface area contributed by atoms with Crippen molar-refractivity contribution in [3.05, 3.63) is 101 Å². The van der Waals surface area contributed by atoms with Crippen molar-refractivity contribution in [2.45, 2.75) is 97.1 Å². The van der Waals surface area contributed by atoms with Crippen molar-refractivity contribution in [3.63, 3.8) is 0 Å². The van der Waals surface area contributed by atoms with Gasteiger partial charge in [-0.05, 0) is 91.9 Å². The number of carbonyl (C=O) groups is 2. The zero-order valence-corrected chi connectivity index (χ0v) is 30.4. The number of hydrogen-bond donors (Lipinski definition) is 1. The maximum atomic E-state index is 13.8. The fourth-order valence-electron chi connectivity index (χ4n) is 7.90. The molecule has 1 aromatic heterocycles. The van der Waals surface area contributed by atoms with E-state index in [1.807, 2.05) is 75.4 Å². The summed E-state index contributed by atoms with van der Waals surface area (Å²) in [6.45, 7) is 11.7. The molecule has 3 aromatic rings. The number of nitrogens with zero attached hydrogens (tertiary/aromatic N) is 1. The summed E-state index contributed by atoms with van der Waals surface area (Å²) < 4.78 is 11.3. The zero-order chi connectivity index (χ0) is 34.6. The van der Waals surface area contributed by atoms with Gasteiger partial charge in [0.05, 0.1) is 23.2 Å². The molecule has 0 radical (unpaired) electrons. The number of benzene rings is 2. The first-order valence-corrected chi connectivity index (χ1v) is 19.4. The highest BCUT2D eigenvalue weighted by molar-refractivity contribution is 6.94. The number of carbonyl (C=O) groups excluding carboxylic acids is 2. The summed E-state index contributed by atoms with van der Waals surface area (Å²) in [6, 6.07) is 20.2. The highest BCUT2D eigenvalue weighted by Crippen LogP contribution is 2.51. The van der Waals surface area contributed by atoms with Gasteiger partial charge in [0.2, 0.25) is 0 Å². The second-order valence-corrected chi connectivity index (χ2v) is 18.7. The molecule has 0 bridgehead atoms. The molecule has 1 heterocycles. The first-order chi connectivity index (χ1) is 22.8. The van der Waals surface area contributed by atoms with Crippen LogP contribution in [-0.4, -0.2) is 36.6 Å². The lowest BCUT2D eigenvalue weighted by atomic mass is 9.67. The van der Waals surface area contributed by atoms with Gasteiger partial charge >= 0.3 is 11.9 Å². The van der Waals surface area contributed by atoms with Gasteiger partial charge < -0.3 is 14.3 Å². The Balaban J connectivity index is 1.45. The molecule has 6 nitrogen and oxygen atoms in total. The molecule has 5 rings (SSSR count). The number of pyridine rings is 1. The average molecular weight is 666 g/mol. The van der Waals surface area contributed by atoms with Crippen molar-refractivity contribution in [2.24, 2.45) is 11.3 Å². The maximum Gasteiger partial charge on any atom is 0.315 e. The van der Waals surface area contributed by atoms with E-state index >= 15 is 0 Å². The van der Waals surface area contributed by atoms with Crippen LogP contribution in [0.5, 0.6) is 0 Å². The standard InChI is InChI=1S/C41H51NO5Si/c1-7-46-38(44)41(26-24-31-20-21-33-22-23-37(42-36(33)27-31)40(5,6)47-30(2)43)25-14-15-32(29-41)28-39(3,4)48(45,34-16-10-8-11-17-34)35-18-12-9-13-19-35/h8,10-12,16-24,26-27,32,45H,7,9,13-15,25,28-29H2,1-6H3. The lowest BCUT2D eigenvalue weighted by Gasteiger charge is -2.46. The van der Waals surface area contributed by atoms with Crippen LogP contribution >= 0.6 is 0 Å². The molecule has 1 fully saturated rings. The number of ether oxygens (including phenoxy) is 2. The smallest absolute Gasteiger partial charge is 0.315 e. The molecule has 2 aliphatic rings. The molecular formula is C41H51NO5Si. The molecule has 1 saturated carbocycles. The molecule has 254 valence electrons. The van der Waals surface area contributed by atoms with Crippen molar-refractivity contribution in [2.75, 3.05) is 6.61 Å². The van der Waals surface area contributed by atoms with Crippen LogP contribution in [-0.2, 0) is 24.7 Å². The lowest BCUT2D eigenvalue weighted by Crippen LogP contribution is -2.58. The Morgan fingerprint density at radius 2 is 1.81 bits per heavy atom. The third-order valence-electron chi connectivity index (χ3n) is 10.3. The van der Waals surface area contributed by atoms with E-state index in [0.29, 0.717) is 18.7 Å². The van der Waals surface area contributed by atoms with Crippen LogP contribution in [0.25, 0.3) is 17.0 Å². The van der Waals surface area contributed by atoms with Gasteiger partial charge in [0.25, 0.3) is 8.32 Å². The molecule has 0 amide bonds. The van der Waals surface area contributed by atoms with Gasteiger partial charge in [0.1, 0.15) is 5.60 Å². The highest BCUT2D eigenvalue weighted by Gasteiger charge is 2.53. The van der Waals surface area contributed by atoms with E-state index in [-0.39, 0.29) is 22.9 Å². The quantitative estimate of drug-likeness (QED) is 0.163. The summed E-state index contributed by atoms with van der Waals surface area (Å²) in [4.78, 5) is 43.1. The zero-order valence-electron chi connectivity index (χ0n) is 29.4. The van der Waals surface area contributed by atoms with E-state index in [2.05, 4.69) is 50.3 Å². The van der Waals surface area contributed by atoms with Gasteiger partial charge in [-0.3, -0.25) is 9.59 Å². The summed E-state index contributed by atoms with van der Waals surface area (Å²) in [7, 11) is -3.14. The highest BCUT2D eigenvalue weighted by atomic mass is 28.4. The van der Waals surface area contributed by atoms with E-state index in [4.69, 9.17) is 14.5 Å². The summed E-state index contributed by atoms with van der Waals surface area (Å²) in [5, 5.41) is 2.72. The molecule has 0 spiro atoms. The fraction of sp³-hybridized carbons (Fsp3) is 0.439. The molecule has 3 unspecified atom stereocenters. The Bertz CT molecular complexity index is 1730. The van der Waals surface area contributed by atoms with Crippen LogP contribution in [0.3, 0.4) is 0 Å². The molecule has 1 N–H and O–H groups in total. The number of hydrogen-bond acceptors (Lipinski definition) is 6. The number of esters is 2. The van der Waals surface area contributed by atoms with Crippen molar-refractivity contribution >= 4 is 42.4 Å². The van der Waals surface area contributed by atoms with Gasteiger partial charge in [0.15, 0.2) is 0 Å². The van der Waals surface area contributed by atoms with Gasteiger partial charge in [0, 0.05) is 12.3 Å². The van der Waals surface area contributed by atoms with Crippen LogP contribution in [0.2, 0.25) is 5.04 Å². The second kappa shape index (κ2) is 14.3. The summed E-state index contributed by atoms with van der Waals surface area (Å²) in [6.07, 6.45) is 16.7. The normalized spacial score (nSPS) is 21.5. The second-order valence-electron chi connectivity index (χ2n) is 14.7. The number of rotatable bonds is 11. The summed E-state index contributed by atoms with van der Waals surface area (Å²) in [5.41, 5.74) is 0.785. The van der Waals surface area contributed by atoms with E-state index in [0.717, 1.165) is 65.4 Å². The van der Waals surface area contributed by atoms with Crippen LogP contribution in [0.15, 0.2) is 90.2 Å². The average Bonchev–Trinajstić information content (AvgIpc) is 3.07.